The second kappa shape index (κ2) is 16.2. The molecule has 278 valence electrons. The Morgan fingerprint density at radius 3 is 1.25 bits per heavy atom. The van der Waals surface area contributed by atoms with Gasteiger partial charge in [0.05, 0.1) is 55.7 Å². The Hall–Kier alpha value is -3.67. The zero-order chi connectivity index (χ0) is 38.8. The third-order valence-electron chi connectivity index (χ3n) is 9.35. The number of halogens is 8. The van der Waals surface area contributed by atoms with E-state index >= 15 is 0 Å². The van der Waals surface area contributed by atoms with E-state index in [1.54, 1.807) is 72.8 Å². The van der Waals surface area contributed by atoms with Crippen LogP contribution in [-0.4, -0.2) is 40.2 Å². The van der Waals surface area contributed by atoms with E-state index in [4.69, 9.17) is 113 Å². The average Bonchev–Trinajstić information content (AvgIpc) is 3.95. The first kappa shape index (κ1) is 40.1. The van der Waals surface area contributed by atoms with Gasteiger partial charge >= 0.3 is 0 Å². The predicted octanol–water partition coefficient (Wildman–Crippen LogP) is 13.7. The van der Waals surface area contributed by atoms with Crippen molar-refractivity contribution < 1.29 is 0 Å². The highest BCUT2D eigenvalue weighted by atomic mass is 35.5. The van der Waals surface area contributed by atoms with Crippen LogP contribution in [0.3, 0.4) is 0 Å². The van der Waals surface area contributed by atoms with Crippen molar-refractivity contribution in [3.05, 3.63) is 207 Å². The molecule has 0 spiro atoms. The molecule has 0 N–H and O–H groups in total. The maximum atomic E-state index is 7.17. The number of rotatable bonds is 4. The Kier molecular flexibility index (Phi) is 11.4. The van der Waals surface area contributed by atoms with E-state index in [0.717, 1.165) is 5.70 Å². The van der Waals surface area contributed by atoms with E-state index in [1.807, 2.05) is 48.6 Å². The van der Waals surface area contributed by atoms with Crippen molar-refractivity contribution in [1.82, 2.24) is 0 Å². The molecule has 0 saturated heterocycles. The third-order valence-corrected chi connectivity index (χ3v) is 11.9. The minimum absolute atomic E-state index is 0. The van der Waals surface area contributed by atoms with Gasteiger partial charge in [0.2, 0.25) is 0 Å². The first-order valence-corrected chi connectivity index (χ1v) is 19.9. The van der Waals surface area contributed by atoms with Crippen molar-refractivity contribution >= 4 is 155 Å². The van der Waals surface area contributed by atoms with Gasteiger partial charge in [0, 0.05) is 74.7 Å². The Morgan fingerprint density at radius 2 is 0.754 bits per heavy atom. The van der Waals surface area contributed by atoms with E-state index in [9.17, 15) is 0 Å². The fourth-order valence-electron chi connectivity index (χ4n) is 7.02. The maximum Gasteiger partial charge on any atom is 0.187 e. The van der Waals surface area contributed by atoms with Crippen molar-refractivity contribution in [1.29, 1.82) is 0 Å². The second-order valence-electron chi connectivity index (χ2n) is 12.8. The highest BCUT2D eigenvalue weighted by Crippen LogP contribution is 2.53. The van der Waals surface area contributed by atoms with Crippen LogP contribution < -0.4 is 0 Å². The Bertz CT molecular complexity index is 2800. The molecule has 5 heterocycles. The standard InChI is InChI=1S/C44H20Cl8N4.Al.3H/c45-27-5-1-6-28(46)36(27)26-19-25-18-23-14-13-21(53-23)17-22-15-16-24(54-22)20-35-40(37-29(47)7-2-8-30(37)48)41(38-31(49)9-3-10-32(38)50)44(56-35)42(43(26)55-25)39-33(51)11-4-12-34(39)52;;;;/h1-20H;;;;. The second-order valence-corrected chi connectivity index (χ2v) is 16.1. The van der Waals surface area contributed by atoms with Crippen LogP contribution in [0.1, 0.15) is 22.3 Å². The van der Waals surface area contributed by atoms with Gasteiger partial charge in [0.15, 0.2) is 17.4 Å². The smallest absolute Gasteiger partial charge is 0.187 e. The lowest BCUT2D eigenvalue weighted by Crippen LogP contribution is -2.09. The summed E-state index contributed by atoms with van der Waals surface area (Å²) in [7, 11) is 0. The van der Waals surface area contributed by atoms with Gasteiger partial charge in [-0.3, -0.25) is 0 Å². The zero-order valence-electron chi connectivity index (χ0n) is 28.4. The van der Waals surface area contributed by atoms with Crippen molar-refractivity contribution in [3.63, 3.8) is 0 Å². The van der Waals surface area contributed by atoms with Crippen LogP contribution in [0.15, 0.2) is 164 Å². The summed E-state index contributed by atoms with van der Waals surface area (Å²) >= 11 is 56.7. The number of allylic oxidation sites excluding steroid dienone is 12. The van der Waals surface area contributed by atoms with Crippen molar-refractivity contribution in [2.24, 2.45) is 20.0 Å². The lowest BCUT2D eigenvalue weighted by molar-refractivity contribution is 1.41. The SMILES string of the molecule is Clc1cccc(Cl)c1C1=CC2=CC3=NC(=CC4=NC(=CC5=NC(=C(c6c(Cl)cccc6Cl)C1=N2)C(c1c(Cl)cccc1Cl)=C5c1c(Cl)cccc1Cl)C=C4)C=C3.[AlH3]. The van der Waals surface area contributed by atoms with E-state index in [1.165, 1.54) is 0 Å². The minimum Gasteiger partial charge on any atom is -0.249 e. The summed E-state index contributed by atoms with van der Waals surface area (Å²) < 4.78 is 0. The summed E-state index contributed by atoms with van der Waals surface area (Å²) in [5, 5.41) is 2.88. The van der Waals surface area contributed by atoms with Crippen LogP contribution in [0.4, 0.5) is 0 Å². The van der Waals surface area contributed by atoms with Crippen LogP contribution in [-0.2, 0) is 0 Å². The third kappa shape index (κ3) is 7.35. The summed E-state index contributed by atoms with van der Waals surface area (Å²) in [5.41, 5.74) is 8.54. The number of aliphatic imine (C=N–C) groups is 4. The zero-order valence-corrected chi connectivity index (χ0v) is 34.4. The average molecular weight is 918 g/mol. The van der Waals surface area contributed by atoms with E-state index < -0.39 is 0 Å². The van der Waals surface area contributed by atoms with Crippen molar-refractivity contribution in [2.75, 3.05) is 0 Å². The monoisotopic (exact) mass is 914 g/mol. The molecule has 0 radical (unpaired) electrons. The van der Waals surface area contributed by atoms with Crippen LogP contribution in [0.5, 0.6) is 0 Å². The van der Waals surface area contributed by atoms with Crippen molar-refractivity contribution in [2.45, 2.75) is 0 Å². The normalized spacial score (nSPS) is 16.8. The Morgan fingerprint density at radius 1 is 0.351 bits per heavy atom. The van der Waals surface area contributed by atoms with Gasteiger partial charge < -0.3 is 0 Å². The summed E-state index contributed by atoms with van der Waals surface area (Å²) in [4.78, 5) is 20.4. The first-order chi connectivity index (χ1) is 27.0. The van der Waals surface area contributed by atoms with Gasteiger partial charge in [-0.2, -0.15) is 0 Å². The Labute approximate surface area is 378 Å². The van der Waals surface area contributed by atoms with Gasteiger partial charge in [0.25, 0.3) is 0 Å². The van der Waals surface area contributed by atoms with Gasteiger partial charge in [-0.25, -0.2) is 20.0 Å². The highest BCUT2D eigenvalue weighted by Gasteiger charge is 2.37. The van der Waals surface area contributed by atoms with E-state index in [-0.39, 0.29) is 17.4 Å². The molecule has 13 heteroatoms. The molecule has 4 nitrogen and oxygen atoms in total. The van der Waals surface area contributed by atoms with Crippen LogP contribution in [0.2, 0.25) is 40.2 Å². The largest absolute Gasteiger partial charge is 0.249 e. The Balaban J connectivity index is 0.00000455. The fourth-order valence-corrected chi connectivity index (χ4v) is 9.38. The number of fused-ring (bicyclic) bond motifs is 4. The molecule has 57 heavy (non-hydrogen) atoms. The summed E-state index contributed by atoms with van der Waals surface area (Å²) in [6, 6.07) is 21.1. The van der Waals surface area contributed by atoms with E-state index in [2.05, 4.69) is 0 Å². The fraction of sp³-hybridized carbons (Fsp3) is 0. The van der Waals surface area contributed by atoms with Gasteiger partial charge in [-0.15, -0.1) is 0 Å². The molecule has 0 amide bonds. The highest BCUT2D eigenvalue weighted by molar-refractivity contribution is 6.56. The predicted molar refractivity (Wildman–Crippen MR) is 250 cm³/mol. The van der Waals surface area contributed by atoms with E-state index in [0.29, 0.717) is 125 Å². The molecule has 4 aromatic carbocycles. The molecular formula is C44H23AlCl8N4. The lowest BCUT2D eigenvalue weighted by Gasteiger charge is -2.21. The molecule has 9 rings (SSSR count). The molecular weight excluding hydrogens is 895 g/mol. The first-order valence-electron chi connectivity index (χ1n) is 16.9. The number of nitrogens with zero attached hydrogens (tertiary/aromatic N) is 4. The van der Waals surface area contributed by atoms with Crippen LogP contribution >= 0.6 is 92.8 Å². The molecule has 0 unspecified atom stereocenters. The molecule has 0 aliphatic carbocycles. The molecule has 4 aromatic rings. The van der Waals surface area contributed by atoms with Crippen molar-refractivity contribution in [3.8, 4) is 0 Å². The van der Waals surface area contributed by atoms with Crippen LogP contribution in [0, 0.1) is 0 Å². The molecule has 0 saturated carbocycles. The summed E-state index contributed by atoms with van der Waals surface area (Å²) in [5.74, 6) is 0. The quantitative estimate of drug-likeness (QED) is 0.183. The molecule has 5 aliphatic rings. The van der Waals surface area contributed by atoms with Gasteiger partial charge in [-0.05, 0) is 97.1 Å². The molecule has 5 aliphatic heterocycles. The lowest BCUT2D eigenvalue weighted by atomic mass is 9.85. The molecule has 0 fully saturated rings. The topological polar surface area (TPSA) is 49.4 Å². The summed E-state index contributed by atoms with van der Waals surface area (Å²) in [6.45, 7) is 0. The molecule has 0 atom stereocenters. The van der Waals surface area contributed by atoms with Gasteiger partial charge in [0.1, 0.15) is 0 Å². The van der Waals surface area contributed by atoms with Crippen LogP contribution in [0.25, 0.3) is 22.3 Å². The molecule has 8 bridgehead atoms. The minimum atomic E-state index is 0. The number of hydrogen-bond donors (Lipinski definition) is 0. The maximum absolute atomic E-state index is 7.17. The summed E-state index contributed by atoms with van der Waals surface area (Å²) in [6.07, 6.45) is 15.2. The van der Waals surface area contributed by atoms with Gasteiger partial charge in [-0.1, -0.05) is 117 Å². The number of benzene rings is 4. The molecule has 0 aromatic heterocycles. The number of hydrogen-bond acceptors (Lipinski definition) is 4.